The van der Waals surface area contributed by atoms with Crippen LogP contribution in [0.15, 0.2) is 108 Å². The summed E-state index contributed by atoms with van der Waals surface area (Å²) in [6.45, 7) is 1.80. The first-order valence-electron chi connectivity index (χ1n) is 12.8. The Balaban J connectivity index is 1.46. The average Bonchev–Trinajstić information content (AvgIpc) is 3.00. The highest BCUT2D eigenvalue weighted by atomic mass is 35.5. The number of benzene rings is 4. The molecule has 7 nitrogen and oxygen atoms in total. The monoisotopic (exact) mass is 619 g/mol. The Morgan fingerprint density at radius 1 is 0.833 bits per heavy atom. The summed E-state index contributed by atoms with van der Waals surface area (Å²) in [5.74, 6) is -0.609. The summed E-state index contributed by atoms with van der Waals surface area (Å²) in [5, 5.41) is 8.53. The molecule has 3 amide bonds. The van der Waals surface area contributed by atoms with Crippen molar-refractivity contribution in [2.75, 3.05) is 17.7 Å². The molecule has 0 radical (unpaired) electrons. The summed E-state index contributed by atoms with van der Waals surface area (Å²) < 4.78 is 5.30. The molecule has 0 saturated carbocycles. The number of carbonyl (C=O) groups is 3. The van der Waals surface area contributed by atoms with Crippen LogP contribution in [0.25, 0.3) is 6.08 Å². The standard InChI is InChI=1S/C32H27Cl2N3O4S/c1-20(30(38)36-26-13-6-7-14-28(26)41-2)42-24-17-15-23(16-18-24)35-32(40)27(19-22-11-8-12-25(33)29(22)34)37-31(39)21-9-4-3-5-10-21/h3-20H,1-2H3,(H,35,40)(H,36,38)(H,37,39)/b27-19-. The van der Waals surface area contributed by atoms with Gasteiger partial charge in [0.2, 0.25) is 5.91 Å². The van der Waals surface area contributed by atoms with Gasteiger partial charge in [-0.1, -0.05) is 65.7 Å². The van der Waals surface area contributed by atoms with Crippen LogP contribution in [0.1, 0.15) is 22.8 Å². The van der Waals surface area contributed by atoms with Gasteiger partial charge >= 0.3 is 0 Å². The molecular formula is C32H27Cl2N3O4S. The first-order chi connectivity index (χ1) is 20.2. The normalized spacial score (nSPS) is 11.8. The van der Waals surface area contributed by atoms with Crippen LogP contribution in [0.3, 0.4) is 0 Å². The molecule has 0 saturated heterocycles. The molecule has 0 aliphatic rings. The summed E-state index contributed by atoms with van der Waals surface area (Å²) in [4.78, 5) is 39.8. The molecule has 0 aliphatic heterocycles. The van der Waals surface area contributed by atoms with Gasteiger partial charge in [-0.05, 0) is 73.2 Å². The number of carbonyl (C=O) groups excluding carboxylic acids is 3. The highest BCUT2D eigenvalue weighted by Gasteiger charge is 2.18. The van der Waals surface area contributed by atoms with E-state index in [1.807, 2.05) is 12.1 Å². The molecule has 4 aromatic rings. The lowest BCUT2D eigenvalue weighted by molar-refractivity contribution is -0.115. The molecule has 3 N–H and O–H groups in total. The van der Waals surface area contributed by atoms with Gasteiger partial charge in [0, 0.05) is 16.1 Å². The second kappa shape index (κ2) is 14.6. The molecule has 1 atom stereocenters. The zero-order valence-corrected chi connectivity index (χ0v) is 25.0. The van der Waals surface area contributed by atoms with Crippen molar-refractivity contribution in [1.82, 2.24) is 5.32 Å². The molecule has 214 valence electrons. The first kappa shape index (κ1) is 30.7. The predicted molar refractivity (Wildman–Crippen MR) is 170 cm³/mol. The molecule has 10 heteroatoms. The Morgan fingerprint density at radius 2 is 1.52 bits per heavy atom. The molecule has 1 unspecified atom stereocenters. The van der Waals surface area contributed by atoms with Crippen molar-refractivity contribution in [1.29, 1.82) is 0 Å². The van der Waals surface area contributed by atoms with E-state index in [1.54, 1.807) is 99.0 Å². The highest BCUT2D eigenvalue weighted by molar-refractivity contribution is 8.00. The fourth-order valence-electron chi connectivity index (χ4n) is 3.79. The first-order valence-corrected chi connectivity index (χ1v) is 14.4. The summed E-state index contributed by atoms with van der Waals surface area (Å²) in [5.41, 5.74) is 1.92. The van der Waals surface area contributed by atoms with Crippen LogP contribution >= 0.6 is 35.0 Å². The van der Waals surface area contributed by atoms with Crippen molar-refractivity contribution in [3.05, 3.63) is 124 Å². The van der Waals surface area contributed by atoms with E-state index in [-0.39, 0.29) is 16.6 Å². The molecule has 0 heterocycles. The van der Waals surface area contributed by atoms with Crippen LogP contribution in [0, 0.1) is 0 Å². The summed E-state index contributed by atoms with van der Waals surface area (Å²) in [6.07, 6.45) is 1.47. The second-order valence-electron chi connectivity index (χ2n) is 8.95. The number of para-hydroxylation sites is 2. The lowest BCUT2D eigenvalue weighted by atomic mass is 10.1. The van der Waals surface area contributed by atoms with Crippen molar-refractivity contribution in [3.63, 3.8) is 0 Å². The number of amides is 3. The minimum absolute atomic E-state index is 0.0203. The van der Waals surface area contributed by atoms with Gasteiger partial charge in [0.1, 0.15) is 11.4 Å². The SMILES string of the molecule is COc1ccccc1NC(=O)C(C)Sc1ccc(NC(=O)/C(=C/c2cccc(Cl)c2Cl)NC(=O)c2ccccc2)cc1. The van der Waals surface area contributed by atoms with Crippen molar-refractivity contribution in [2.45, 2.75) is 17.1 Å². The van der Waals surface area contributed by atoms with Crippen molar-refractivity contribution < 1.29 is 19.1 Å². The number of anilines is 2. The Kier molecular flexibility index (Phi) is 10.7. The Labute approximate surface area is 258 Å². The van der Waals surface area contributed by atoms with Gasteiger partial charge in [-0.15, -0.1) is 11.8 Å². The molecule has 42 heavy (non-hydrogen) atoms. The number of rotatable bonds is 10. The molecule has 4 rings (SSSR count). The maximum absolute atomic E-state index is 13.3. The van der Waals surface area contributed by atoms with E-state index in [2.05, 4.69) is 16.0 Å². The molecule has 0 spiro atoms. The number of hydrogen-bond acceptors (Lipinski definition) is 5. The van der Waals surface area contributed by atoms with Gasteiger partial charge in [-0.25, -0.2) is 0 Å². The Hall–Kier alpha value is -4.24. The van der Waals surface area contributed by atoms with Gasteiger partial charge in [-0.3, -0.25) is 14.4 Å². The van der Waals surface area contributed by atoms with Gasteiger partial charge < -0.3 is 20.7 Å². The zero-order valence-electron chi connectivity index (χ0n) is 22.7. The van der Waals surface area contributed by atoms with E-state index in [0.717, 1.165) is 4.90 Å². The number of nitrogens with one attached hydrogen (secondary N) is 3. The van der Waals surface area contributed by atoms with E-state index >= 15 is 0 Å². The predicted octanol–water partition coefficient (Wildman–Crippen LogP) is 7.53. The van der Waals surface area contributed by atoms with E-state index in [9.17, 15) is 14.4 Å². The van der Waals surface area contributed by atoms with E-state index in [1.165, 1.54) is 17.8 Å². The lowest BCUT2D eigenvalue weighted by Gasteiger charge is -2.15. The Morgan fingerprint density at radius 3 is 2.24 bits per heavy atom. The number of methoxy groups -OCH3 is 1. The average molecular weight is 621 g/mol. The topological polar surface area (TPSA) is 96.5 Å². The van der Waals surface area contributed by atoms with Crippen LogP contribution < -0.4 is 20.7 Å². The third kappa shape index (κ3) is 8.16. The minimum atomic E-state index is -0.555. The number of ether oxygens (including phenoxy) is 1. The molecular weight excluding hydrogens is 593 g/mol. The fourth-order valence-corrected chi connectivity index (χ4v) is 5.01. The molecule has 0 aliphatic carbocycles. The lowest BCUT2D eigenvalue weighted by Crippen LogP contribution is -2.30. The van der Waals surface area contributed by atoms with E-state index in [4.69, 9.17) is 27.9 Å². The summed E-state index contributed by atoms with van der Waals surface area (Å²) >= 11 is 13.9. The second-order valence-corrected chi connectivity index (χ2v) is 11.1. The smallest absolute Gasteiger partial charge is 0.272 e. The third-order valence-corrected chi connectivity index (χ3v) is 7.91. The quantitative estimate of drug-likeness (QED) is 0.126. The Bertz CT molecular complexity index is 1610. The highest BCUT2D eigenvalue weighted by Crippen LogP contribution is 2.29. The van der Waals surface area contributed by atoms with Gasteiger partial charge in [0.25, 0.3) is 11.8 Å². The number of hydrogen-bond donors (Lipinski definition) is 3. The molecule has 0 bridgehead atoms. The van der Waals surface area contributed by atoms with Crippen molar-refractivity contribution in [3.8, 4) is 5.75 Å². The largest absolute Gasteiger partial charge is 0.495 e. The van der Waals surface area contributed by atoms with Crippen LogP contribution in [-0.2, 0) is 9.59 Å². The van der Waals surface area contributed by atoms with Crippen LogP contribution in [-0.4, -0.2) is 30.1 Å². The van der Waals surface area contributed by atoms with Crippen molar-refractivity contribution in [2.24, 2.45) is 0 Å². The number of thioether (sulfide) groups is 1. The fraction of sp³-hybridized carbons (Fsp3) is 0.0938. The minimum Gasteiger partial charge on any atom is -0.495 e. The van der Waals surface area contributed by atoms with E-state index < -0.39 is 17.1 Å². The van der Waals surface area contributed by atoms with Gasteiger partial charge in [0.15, 0.2) is 0 Å². The summed E-state index contributed by atoms with van der Waals surface area (Å²) in [6, 6.07) is 27.8. The molecule has 4 aromatic carbocycles. The van der Waals surface area contributed by atoms with E-state index in [0.29, 0.717) is 33.3 Å². The van der Waals surface area contributed by atoms with Gasteiger partial charge in [0.05, 0.1) is 28.1 Å². The maximum atomic E-state index is 13.3. The zero-order chi connectivity index (χ0) is 30.1. The summed E-state index contributed by atoms with van der Waals surface area (Å²) in [7, 11) is 1.55. The number of halogens is 2. The van der Waals surface area contributed by atoms with Crippen LogP contribution in [0.5, 0.6) is 5.75 Å². The van der Waals surface area contributed by atoms with Crippen LogP contribution in [0.2, 0.25) is 10.0 Å². The molecule has 0 aromatic heterocycles. The third-order valence-electron chi connectivity index (χ3n) is 5.97. The maximum Gasteiger partial charge on any atom is 0.272 e. The van der Waals surface area contributed by atoms with Gasteiger partial charge in [-0.2, -0.15) is 0 Å². The van der Waals surface area contributed by atoms with Crippen LogP contribution in [0.4, 0.5) is 11.4 Å². The molecule has 0 fully saturated rings. The van der Waals surface area contributed by atoms with Crippen molar-refractivity contribution >= 4 is 70.1 Å².